The van der Waals surface area contributed by atoms with Gasteiger partial charge in [-0.3, -0.25) is 19.2 Å². The Morgan fingerprint density at radius 3 is 2.30 bits per heavy atom. The number of Topliss-reactive ketones (excluding diaryl/α,β-unsaturated/α-hetero) is 2. The van der Waals surface area contributed by atoms with Crippen LogP contribution >= 0.6 is 0 Å². The fourth-order valence-corrected chi connectivity index (χ4v) is 8.77. The van der Waals surface area contributed by atoms with E-state index in [0.717, 1.165) is 5.57 Å². The molecule has 204 valence electrons. The first-order valence-electron chi connectivity index (χ1n) is 13.5. The summed E-state index contributed by atoms with van der Waals surface area (Å²) in [7, 11) is 0. The third-order valence-electron chi connectivity index (χ3n) is 11.2. The topological polar surface area (TPSA) is 129 Å². The van der Waals surface area contributed by atoms with Crippen LogP contribution in [0.25, 0.3) is 0 Å². The van der Waals surface area contributed by atoms with Gasteiger partial charge in [-0.25, -0.2) is 0 Å². The van der Waals surface area contributed by atoms with Gasteiger partial charge in [0.05, 0.1) is 18.1 Å². The standard InChI is InChI=1S/C30H42O7/c1-15(10-17(31)11-16(2)26(36)37)18-12-23(35)30(7)25-19(32)13-21-27(3,4)22(34)8-9-28(21,5)24(25)20(33)14-29(18,30)6/h10,16,18-19,21,23,32,35H,8-9,11-14H2,1-7H3,(H,36,37)/b15-10-/t16?,18-,19+,21?,23+,28+,29-,30+/m1/s1. The van der Waals surface area contributed by atoms with Crippen molar-refractivity contribution < 1.29 is 34.5 Å². The van der Waals surface area contributed by atoms with Crippen molar-refractivity contribution in [1.29, 1.82) is 0 Å². The molecule has 2 fully saturated rings. The average Bonchev–Trinajstić information content (AvgIpc) is 2.99. The molecule has 0 bridgehead atoms. The molecule has 0 radical (unpaired) electrons. The Balaban J connectivity index is 1.80. The van der Waals surface area contributed by atoms with Gasteiger partial charge < -0.3 is 15.3 Å². The summed E-state index contributed by atoms with van der Waals surface area (Å²) in [4.78, 5) is 50.7. The van der Waals surface area contributed by atoms with Crippen LogP contribution in [0.1, 0.15) is 87.0 Å². The zero-order chi connectivity index (χ0) is 27.9. The monoisotopic (exact) mass is 514 g/mol. The van der Waals surface area contributed by atoms with E-state index in [1.54, 1.807) is 0 Å². The molecule has 7 heteroatoms. The molecule has 2 saturated carbocycles. The summed E-state index contributed by atoms with van der Waals surface area (Å²) in [6.07, 6.45) is 1.42. The largest absolute Gasteiger partial charge is 0.481 e. The Bertz CT molecular complexity index is 1130. The number of ketones is 3. The number of carboxylic acids is 1. The molecule has 8 atom stereocenters. The molecule has 2 unspecified atom stereocenters. The number of aliphatic carboxylic acids is 1. The first kappa shape index (κ1) is 27.9. The molecular weight excluding hydrogens is 472 g/mol. The SMILES string of the molecule is C/C(=C/C(=O)CC(C)C(=O)O)[C@H]1C[C@H](O)[C@@]2(C)C3=C(C(=O)C[C@]12C)[C@@]1(C)CCC(=O)C(C)(C)C1C[C@@H]3O. The van der Waals surface area contributed by atoms with E-state index in [2.05, 4.69) is 6.92 Å². The van der Waals surface area contributed by atoms with Gasteiger partial charge in [0.15, 0.2) is 11.6 Å². The lowest BCUT2D eigenvalue weighted by atomic mass is 9.42. The smallest absolute Gasteiger partial charge is 0.306 e. The van der Waals surface area contributed by atoms with E-state index in [4.69, 9.17) is 5.11 Å². The summed E-state index contributed by atoms with van der Waals surface area (Å²) >= 11 is 0. The van der Waals surface area contributed by atoms with Gasteiger partial charge in [-0.15, -0.1) is 0 Å². The van der Waals surface area contributed by atoms with Crippen molar-refractivity contribution in [3.8, 4) is 0 Å². The molecule has 7 nitrogen and oxygen atoms in total. The van der Waals surface area contributed by atoms with Crippen LogP contribution in [0.2, 0.25) is 0 Å². The molecule has 0 aliphatic heterocycles. The Labute approximate surface area is 219 Å². The summed E-state index contributed by atoms with van der Waals surface area (Å²) in [6.45, 7) is 13.1. The molecule has 0 spiro atoms. The van der Waals surface area contributed by atoms with Gasteiger partial charge in [0, 0.05) is 41.1 Å². The molecule has 0 amide bonds. The normalized spacial score (nSPS) is 42.1. The predicted octanol–water partition coefficient (Wildman–Crippen LogP) is 4.05. The fourth-order valence-electron chi connectivity index (χ4n) is 8.77. The minimum absolute atomic E-state index is 0.0379. The quantitative estimate of drug-likeness (QED) is 0.472. The van der Waals surface area contributed by atoms with E-state index in [9.17, 15) is 29.4 Å². The number of allylic oxidation sites excluding steroid dienone is 3. The van der Waals surface area contributed by atoms with Crippen molar-refractivity contribution >= 4 is 23.3 Å². The molecule has 4 aliphatic carbocycles. The highest BCUT2D eigenvalue weighted by Gasteiger charge is 2.69. The van der Waals surface area contributed by atoms with Crippen LogP contribution in [0.5, 0.6) is 0 Å². The van der Waals surface area contributed by atoms with Crippen molar-refractivity contribution in [1.82, 2.24) is 0 Å². The lowest BCUT2D eigenvalue weighted by Gasteiger charge is -2.61. The summed E-state index contributed by atoms with van der Waals surface area (Å²) in [5, 5.41) is 32.4. The van der Waals surface area contributed by atoms with Crippen molar-refractivity contribution in [2.45, 2.75) is 99.2 Å². The Hall–Kier alpha value is -2.12. The Morgan fingerprint density at radius 2 is 1.70 bits per heavy atom. The molecule has 0 aromatic carbocycles. The van der Waals surface area contributed by atoms with Gasteiger partial charge in [0.1, 0.15) is 5.78 Å². The highest BCUT2D eigenvalue weighted by Crippen LogP contribution is 2.71. The minimum atomic E-state index is -1.03. The maximum Gasteiger partial charge on any atom is 0.306 e. The van der Waals surface area contributed by atoms with Crippen LogP contribution in [0.4, 0.5) is 0 Å². The number of rotatable bonds is 5. The number of aliphatic hydroxyl groups is 2. The molecule has 4 aliphatic rings. The first-order valence-corrected chi connectivity index (χ1v) is 13.5. The molecule has 3 N–H and O–H groups in total. The number of carbonyl (C=O) groups excluding carboxylic acids is 3. The molecule has 0 heterocycles. The lowest BCUT2D eigenvalue weighted by molar-refractivity contribution is -0.145. The minimum Gasteiger partial charge on any atom is -0.481 e. The van der Waals surface area contributed by atoms with Crippen LogP contribution < -0.4 is 0 Å². The number of hydrogen-bond acceptors (Lipinski definition) is 6. The average molecular weight is 515 g/mol. The van der Waals surface area contributed by atoms with Gasteiger partial charge in [-0.1, -0.05) is 47.1 Å². The molecule has 0 saturated heterocycles. The van der Waals surface area contributed by atoms with E-state index in [1.807, 2.05) is 34.6 Å². The molecule has 37 heavy (non-hydrogen) atoms. The molecule has 0 aromatic rings. The molecular formula is C30H42O7. The second-order valence-corrected chi connectivity index (χ2v) is 13.5. The van der Waals surface area contributed by atoms with E-state index in [1.165, 1.54) is 13.0 Å². The van der Waals surface area contributed by atoms with Crippen LogP contribution in [-0.4, -0.2) is 50.8 Å². The highest BCUT2D eigenvalue weighted by atomic mass is 16.4. The third-order valence-corrected chi connectivity index (χ3v) is 11.2. The maximum atomic E-state index is 14.0. The second-order valence-electron chi connectivity index (χ2n) is 13.5. The summed E-state index contributed by atoms with van der Waals surface area (Å²) in [6, 6.07) is 0. The predicted molar refractivity (Wildman–Crippen MR) is 137 cm³/mol. The highest BCUT2D eigenvalue weighted by molar-refractivity contribution is 6.01. The zero-order valence-corrected chi connectivity index (χ0v) is 23.2. The van der Waals surface area contributed by atoms with Crippen molar-refractivity contribution in [3.63, 3.8) is 0 Å². The maximum absolute atomic E-state index is 14.0. The first-order chi connectivity index (χ1) is 16.9. The van der Waals surface area contributed by atoms with E-state index in [-0.39, 0.29) is 42.0 Å². The number of fused-ring (bicyclic) bond motifs is 4. The van der Waals surface area contributed by atoms with Crippen LogP contribution in [0.15, 0.2) is 22.8 Å². The van der Waals surface area contributed by atoms with Crippen molar-refractivity contribution in [2.75, 3.05) is 0 Å². The zero-order valence-electron chi connectivity index (χ0n) is 23.2. The molecule has 0 aromatic heterocycles. The van der Waals surface area contributed by atoms with Gasteiger partial charge >= 0.3 is 5.97 Å². The summed E-state index contributed by atoms with van der Waals surface area (Å²) in [5.74, 6) is -2.44. The second kappa shape index (κ2) is 8.70. The van der Waals surface area contributed by atoms with E-state index in [0.29, 0.717) is 36.8 Å². The molecule has 4 rings (SSSR count). The van der Waals surface area contributed by atoms with Gasteiger partial charge in [-0.05, 0) is 55.1 Å². The Kier molecular flexibility index (Phi) is 6.56. The van der Waals surface area contributed by atoms with E-state index < -0.39 is 45.8 Å². The number of carbonyl (C=O) groups is 4. The number of carboxylic acid groups (broad SMARTS) is 1. The van der Waals surface area contributed by atoms with Crippen LogP contribution in [-0.2, 0) is 19.2 Å². The lowest BCUT2D eigenvalue weighted by Crippen LogP contribution is -2.60. The van der Waals surface area contributed by atoms with E-state index >= 15 is 0 Å². The van der Waals surface area contributed by atoms with Crippen molar-refractivity contribution in [3.05, 3.63) is 22.8 Å². The Morgan fingerprint density at radius 1 is 1.08 bits per heavy atom. The summed E-state index contributed by atoms with van der Waals surface area (Å²) in [5.41, 5.74) is -0.855. The van der Waals surface area contributed by atoms with Gasteiger partial charge in [0.2, 0.25) is 0 Å². The van der Waals surface area contributed by atoms with Crippen LogP contribution in [0, 0.1) is 39.4 Å². The van der Waals surface area contributed by atoms with Gasteiger partial charge in [-0.2, -0.15) is 0 Å². The van der Waals surface area contributed by atoms with Crippen molar-refractivity contribution in [2.24, 2.45) is 39.4 Å². The van der Waals surface area contributed by atoms with Crippen LogP contribution in [0.3, 0.4) is 0 Å². The fraction of sp³-hybridized carbons (Fsp3) is 0.733. The third kappa shape index (κ3) is 3.75. The van der Waals surface area contributed by atoms with Gasteiger partial charge in [0.25, 0.3) is 0 Å². The number of aliphatic hydroxyl groups excluding tert-OH is 2. The number of hydrogen-bond donors (Lipinski definition) is 3. The summed E-state index contributed by atoms with van der Waals surface area (Å²) < 4.78 is 0.